The summed E-state index contributed by atoms with van der Waals surface area (Å²) in [6.07, 6.45) is 4.64. The van der Waals surface area contributed by atoms with E-state index in [1.165, 1.54) is 6.92 Å². The molecule has 0 aromatic carbocycles. The average molecular weight is 314 g/mol. The number of hydrogen-bond acceptors (Lipinski definition) is 3. The average Bonchev–Trinajstić information content (AvgIpc) is 2.94. The van der Waals surface area contributed by atoms with E-state index in [4.69, 9.17) is 4.74 Å². The summed E-state index contributed by atoms with van der Waals surface area (Å²) in [5, 5.41) is 0. The lowest BCUT2D eigenvalue weighted by Gasteiger charge is -2.22. The normalized spacial score (nSPS) is 29.9. The summed E-state index contributed by atoms with van der Waals surface area (Å²) in [6.45, 7) is 5.14. The Kier molecular flexibility index (Phi) is 5.03. The highest BCUT2D eigenvalue weighted by Crippen LogP contribution is 2.42. The number of alkyl halides is 2. The highest BCUT2D eigenvalue weighted by Gasteiger charge is 2.45. The Bertz CT molecular complexity index is 471. The molecule has 4 atom stereocenters. The molecule has 2 fully saturated rings. The zero-order chi connectivity index (χ0) is 16.5. The predicted molar refractivity (Wildman–Crippen MR) is 78.4 cm³/mol. The first kappa shape index (κ1) is 17.1. The van der Waals surface area contributed by atoms with Crippen LogP contribution in [-0.4, -0.2) is 23.8 Å². The van der Waals surface area contributed by atoms with Crippen molar-refractivity contribution < 1.29 is 23.1 Å². The quantitative estimate of drug-likeness (QED) is 0.553. The van der Waals surface area contributed by atoms with Crippen molar-refractivity contribution in [3.8, 4) is 0 Å². The second kappa shape index (κ2) is 6.47. The topological polar surface area (TPSA) is 43.4 Å². The molecule has 3 nitrogen and oxygen atoms in total. The van der Waals surface area contributed by atoms with Crippen LogP contribution in [0.15, 0.2) is 12.2 Å². The molecule has 1 aliphatic heterocycles. The molecular weight excluding hydrogens is 290 g/mol. The van der Waals surface area contributed by atoms with Crippen molar-refractivity contribution in [1.29, 1.82) is 0 Å². The van der Waals surface area contributed by atoms with Gasteiger partial charge >= 0.3 is 11.9 Å². The van der Waals surface area contributed by atoms with E-state index in [1.54, 1.807) is 6.08 Å². The Hall–Kier alpha value is -1.26. The van der Waals surface area contributed by atoms with Gasteiger partial charge < -0.3 is 4.74 Å². The molecule has 0 amide bonds. The molecular formula is C17H24F2O3. The number of hydrogen-bond donors (Lipinski definition) is 0. The molecule has 0 spiro atoms. The molecule has 124 valence electrons. The first-order valence-corrected chi connectivity index (χ1v) is 8.01. The van der Waals surface area contributed by atoms with E-state index in [0.29, 0.717) is 12.8 Å². The van der Waals surface area contributed by atoms with Crippen LogP contribution in [0.1, 0.15) is 46.5 Å². The number of halogens is 2. The summed E-state index contributed by atoms with van der Waals surface area (Å²) in [6, 6.07) is 0. The van der Waals surface area contributed by atoms with E-state index in [1.807, 2.05) is 13.8 Å². The third-order valence-electron chi connectivity index (χ3n) is 4.76. The molecule has 1 aliphatic carbocycles. The van der Waals surface area contributed by atoms with Gasteiger partial charge in [-0.25, -0.2) is 0 Å². The molecule has 1 heterocycles. The molecule has 0 aromatic heterocycles. The van der Waals surface area contributed by atoms with Crippen molar-refractivity contribution in [1.82, 2.24) is 0 Å². The number of fused-ring (bicyclic) bond motifs is 1. The number of ether oxygens (including phenoxy) is 1. The summed E-state index contributed by atoms with van der Waals surface area (Å²) in [7, 11) is 0. The maximum absolute atomic E-state index is 14.1. The number of rotatable bonds is 6. The van der Waals surface area contributed by atoms with Crippen molar-refractivity contribution in [2.75, 3.05) is 0 Å². The van der Waals surface area contributed by atoms with Crippen molar-refractivity contribution in [2.24, 2.45) is 23.7 Å². The second-order valence-corrected chi connectivity index (χ2v) is 7.01. The molecule has 0 radical (unpaired) electrons. The largest absolute Gasteiger partial charge is 0.462 e. The smallest absolute Gasteiger partial charge is 0.311 e. The van der Waals surface area contributed by atoms with Gasteiger partial charge in [-0.1, -0.05) is 26.8 Å². The van der Waals surface area contributed by atoms with Crippen LogP contribution in [0.2, 0.25) is 0 Å². The summed E-state index contributed by atoms with van der Waals surface area (Å²) in [4.78, 5) is 23.1. The summed E-state index contributed by atoms with van der Waals surface area (Å²) in [5.41, 5.74) is 0. The Morgan fingerprint density at radius 3 is 2.68 bits per heavy atom. The maximum atomic E-state index is 14.1. The number of ketones is 1. The lowest BCUT2D eigenvalue weighted by Crippen LogP contribution is -2.35. The van der Waals surface area contributed by atoms with Crippen LogP contribution in [0, 0.1) is 23.7 Å². The van der Waals surface area contributed by atoms with Gasteiger partial charge in [-0.2, -0.15) is 8.78 Å². The number of carbonyl (C=O) groups excluding carboxylic acids is 2. The van der Waals surface area contributed by atoms with Gasteiger partial charge in [0.2, 0.25) is 5.78 Å². The lowest BCUT2D eigenvalue weighted by molar-refractivity contribution is -0.145. The summed E-state index contributed by atoms with van der Waals surface area (Å²) < 4.78 is 33.4. The van der Waals surface area contributed by atoms with Crippen LogP contribution in [0.3, 0.4) is 0 Å². The lowest BCUT2D eigenvalue weighted by atomic mass is 9.89. The number of allylic oxidation sites excluding steroid dienone is 2. The Balaban J connectivity index is 1.97. The van der Waals surface area contributed by atoms with Crippen LogP contribution in [0.5, 0.6) is 0 Å². The molecule has 5 heteroatoms. The first-order valence-electron chi connectivity index (χ1n) is 8.01. The van der Waals surface area contributed by atoms with E-state index in [0.717, 1.165) is 18.9 Å². The van der Waals surface area contributed by atoms with Gasteiger partial charge in [0.05, 0.1) is 6.42 Å². The Morgan fingerprint density at radius 2 is 2.05 bits per heavy atom. The molecule has 0 N–H and O–H groups in total. The first-order chi connectivity index (χ1) is 10.2. The predicted octanol–water partition coefficient (Wildman–Crippen LogP) is 3.77. The summed E-state index contributed by atoms with van der Waals surface area (Å²) >= 11 is 0. The zero-order valence-corrected chi connectivity index (χ0v) is 13.4. The molecule has 22 heavy (non-hydrogen) atoms. The number of carbonyl (C=O) groups is 2. The summed E-state index contributed by atoms with van der Waals surface area (Å²) in [5.74, 6) is -5.52. The van der Waals surface area contributed by atoms with Crippen LogP contribution in [0.25, 0.3) is 0 Å². The van der Waals surface area contributed by atoms with Crippen LogP contribution in [-0.2, 0) is 14.3 Å². The molecule has 1 saturated heterocycles. The Morgan fingerprint density at radius 1 is 1.36 bits per heavy atom. The second-order valence-electron chi connectivity index (χ2n) is 7.01. The molecule has 0 unspecified atom stereocenters. The third-order valence-corrected chi connectivity index (χ3v) is 4.76. The third kappa shape index (κ3) is 3.55. The Labute approximate surface area is 130 Å². The fraction of sp³-hybridized carbons (Fsp3) is 0.765. The van der Waals surface area contributed by atoms with E-state index < -0.39 is 17.6 Å². The monoisotopic (exact) mass is 314 g/mol. The minimum Gasteiger partial charge on any atom is -0.462 e. The molecule has 0 aromatic rings. The minimum absolute atomic E-state index is 0.0170. The standard InChI is InChI=1S/C17H24F2O3/c1-10(2)8-11(3)17(18,19)15(20)7-5-12-4-6-14-13(12)9-16(21)22-14/h5,7,10-14H,4,6,8-9H2,1-3H3/t11-,12-,13-,14+/m1/s1. The van der Waals surface area contributed by atoms with E-state index >= 15 is 0 Å². The highest BCUT2D eigenvalue weighted by atomic mass is 19.3. The molecule has 2 aliphatic rings. The highest BCUT2D eigenvalue weighted by molar-refractivity contribution is 5.95. The van der Waals surface area contributed by atoms with Crippen molar-refractivity contribution in [2.45, 2.75) is 58.5 Å². The van der Waals surface area contributed by atoms with Gasteiger partial charge in [-0.15, -0.1) is 0 Å². The fourth-order valence-electron chi connectivity index (χ4n) is 3.56. The van der Waals surface area contributed by atoms with Gasteiger partial charge in [-0.3, -0.25) is 9.59 Å². The number of esters is 1. The van der Waals surface area contributed by atoms with Gasteiger partial charge in [0.1, 0.15) is 6.10 Å². The van der Waals surface area contributed by atoms with Crippen LogP contribution >= 0.6 is 0 Å². The van der Waals surface area contributed by atoms with Crippen molar-refractivity contribution in [3.05, 3.63) is 12.2 Å². The van der Waals surface area contributed by atoms with Crippen LogP contribution in [0.4, 0.5) is 8.78 Å². The van der Waals surface area contributed by atoms with Crippen LogP contribution < -0.4 is 0 Å². The maximum Gasteiger partial charge on any atom is 0.311 e. The van der Waals surface area contributed by atoms with Gasteiger partial charge in [0, 0.05) is 11.8 Å². The SMILES string of the molecule is CC(C)C[C@@H](C)C(F)(F)C(=O)C=C[C@H]1CC[C@@H]2OC(=O)C[C@@H]21. The molecule has 1 saturated carbocycles. The van der Waals surface area contributed by atoms with Crippen molar-refractivity contribution in [3.63, 3.8) is 0 Å². The van der Waals surface area contributed by atoms with Gasteiger partial charge in [0.25, 0.3) is 0 Å². The van der Waals surface area contributed by atoms with Gasteiger partial charge in [-0.05, 0) is 37.2 Å². The van der Waals surface area contributed by atoms with E-state index in [9.17, 15) is 18.4 Å². The molecule has 2 rings (SSSR count). The van der Waals surface area contributed by atoms with E-state index in [-0.39, 0.29) is 29.8 Å². The zero-order valence-electron chi connectivity index (χ0n) is 13.4. The minimum atomic E-state index is -3.33. The van der Waals surface area contributed by atoms with Gasteiger partial charge in [0.15, 0.2) is 0 Å². The van der Waals surface area contributed by atoms with Crippen molar-refractivity contribution >= 4 is 11.8 Å². The molecule has 0 bridgehead atoms. The fourth-order valence-corrected chi connectivity index (χ4v) is 3.56. The van der Waals surface area contributed by atoms with E-state index in [2.05, 4.69) is 0 Å².